The maximum absolute atomic E-state index is 12.7. The van der Waals surface area contributed by atoms with Gasteiger partial charge in [-0.3, -0.25) is 28.8 Å². The zero-order valence-corrected chi connectivity index (χ0v) is 16.9. The van der Waals surface area contributed by atoms with Crippen LogP contribution in [0.25, 0.3) is 0 Å². The summed E-state index contributed by atoms with van der Waals surface area (Å²) in [6.45, 7) is 0.0268. The number of carboxylic acids is 3. The van der Waals surface area contributed by atoms with Crippen molar-refractivity contribution in [3.63, 3.8) is 0 Å². The quantitative estimate of drug-likeness (QED) is 0.149. The van der Waals surface area contributed by atoms with Gasteiger partial charge in [0.1, 0.15) is 18.1 Å². The third-order valence-electron chi connectivity index (χ3n) is 4.58. The number of hydrogen-bond acceptors (Lipinski definition) is 8. The third kappa shape index (κ3) is 7.82. The van der Waals surface area contributed by atoms with Gasteiger partial charge in [-0.2, -0.15) is 0 Å². The molecule has 4 unspecified atom stereocenters. The highest BCUT2D eigenvalue weighted by atomic mass is 16.4. The Kier molecular flexibility index (Phi) is 9.52. The Balaban J connectivity index is 3.02. The van der Waals surface area contributed by atoms with E-state index in [2.05, 4.69) is 5.32 Å². The molecule has 0 aromatic heterocycles. The number of carbonyl (C=O) groups excluding carboxylic acids is 4. The molecular weight excluding hydrogens is 434 g/mol. The summed E-state index contributed by atoms with van der Waals surface area (Å²) in [5.41, 5.74) is 10.4. The molecule has 0 saturated carbocycles. The maximum atomic E-state index is 12.7. The van der Waals surface area contributed by atoms with Crippen molar-refractivity contribution >= 4 is 41.5 Å². The predicted octanol–water partition coefficient (Wildman–Crippen LogP) is -3.82. The van der Waals surface area contributed by atoms with E-state index in [1.165, 1.54) is 0 Å². The van der Waals surface area contributed by atoms with Crippen LogP contribution in [0.15, 0.2) is 0 Å². The van der Waals surface area contributed by atoms with Gasteiger partial charge in [0, 0.05) is 6.54 Å². The van der Waals surface area contributed by atoms with Crippen LogP contribution in [-0.2, 0) is 33.6 Å². The van der Waals surface area contributed by atoms with Gasteiger partial charge in [0.2, 0.25) is 23.6 Å². The summed E-state index contributed by atoms with van der Waals surface area (Å²) in [6, 6.07) is -6.16. The molecule has 0 spiro atoms. The van der Waals surface area contributed by atoms with Crippen molar-refractivity contribution in [2.24, 2.45) is 11.5 Å². The summed E-state index contributed by atoms with van der Waals surface area (Å²) in [7, 11) is 0. The Bertz CT molecular complexity index is 801. The molecule has 178 valence electrons. The Labute approximate surface area is 181 Å². The van der Waals surface area contributed by atoms with E-state index in [0.29, 0.717) is 6.42 Å². The summed E-state index contributed by atoms with van der Waals surface area (Å²) >= 11 is 0. The topological polar surface area (TPSA) is 260 Å². The fraction of sp³-hybridized carbons (Fsp3) is 0.588. The minimum absolute atomic E-state index is 0.0268. The van der Waals surface area contributed by atoms with E-state index in [0.717, 1.165) is 4.90 Å². The van der Waals surface area contributed by atoms with Crippen LogP contribution in [0.2, 0.25) is 0 Å². The van der Waals surface area contributed by atoms with E-state index in [-0.39, 0.29) is 13.0 Å². The molecule has 15 nitrogen and oxygen atoms in total. The molecule has 0 aromatic rings. The number of nitrogens with two attached hydrogens (primary N) is 2. The van der Waals surface area contributed by atoms with Crippen LogP contribution in [0.5, 0.6) is 0 Å². The summed E-state index contributed by atoms with van der Waals surface area (Å²) in [5, 5.41) is 31.4. The van der Waals surface area contributed by atoms with Crippen molar-refractivity contribution in [1.29, 1.82) is 0 Å². The molecule has 0 aliphatic carbocycles. The predicted molar refractivity (Wildman–Crippen MR) is 103 cm³/mol. The third-order valence-corrected chi connectivity index (χ3v) is 4.58. The first-order valence-corrected chi connectivity index (χ1v) is 9.45. The molecule has 0 aromatic carbocycles. The van der Waals surface area contributed by atoms with Crippen LogP contribution >= 0.6 is 0 Å². The SMILES string of the molecule is NC(=O)CC(N)C(=O)NC(CC(=O)O)C(=O)NC(CC(=O)O)C(=O)N1CCCC1C(=O)O. The lowest BCUT2D eigenvalue weighted by Crippen LogP contribution is -2.58. The number of hydrogen-bond donors (Lipinski definition) is 7. The Morgan fingerprint density at radius 3 is 1.91 bits per heavy atom. The minimum atomic E-state index is -1.77. The van der Waals surface area contributed by atoms with Gasteiger partial charge >= 0.3 is 17.9 Å². The van der Waals surface area contributed by atoms with E-state index in [1.54, 1.807) is 0 Å². The van der Waals surface area contributed by atoms with Gasteiger partial charge in [-0.1, -0.05) is 0 Å². The van der Waals surface area contributed by atoms with Gasteiger partial charge < -0.3 is 42.3 Å². The lowest BCUT2D eigenvalue weighted by Gasteiger charge is -2.28. The van der Waals surface area contributed by atoms with Crippen molar-refractivity contribution < 1.29 is 48.9 Å². The minimum Gasteiger partial charge on any atom is -0.481 e. The fourth-order valence-corrected chi connectivity index (χ4v) is 3.11. The van der Waals surface area contributed by atoms with Crippen LogP contribution in [0, 0.1) is 0 Å². The molecule has 4 atom stereocenters. The Morgan fingerprint density at radius 2 is 1.41 bits per heavy atom. The summed E-state index contributed by atoms with van der Waals surface area (Å²) in [4.78, 5) is 82.8. The summed E-state index contributed by atoms with van der Waals surface area (Å²) in [5.74, 6) is -8.48. The average Bonchev–Trinajstić information content (AvgIpc) is 3.15. The lowest BCUT2D eigenvalue weighted by molar-refractivity contribution is -0.151. The van der Waals surface area contributed by atoms with Gasteiger partial charge in [0.15, 0.2) is 0 Å². The van der Waals surface area contributed by atoms with Crippen LogP contribution in [0.3, 0.4) is 0 Å². The first-order chi connectivity index (χ1) is 14.8. The molecule has 0 radical (unpaired) electrons. The average molecular weight is 459 g/mol. The first kappa shape index (κ1) is 26.3. The van der Waals surface area contributed by atoms with Gasteiger partial charge in [0.25, 0.3) is 0 Å². The highest BCUT2D eigenvalue weighted by molar-refractivity contribution is 5.97. The molecule has 9 N–H and O–H groups in total. The molecule has 1 saturated heterocycles. The number of primary amides is 1. The first-order valence-electron chi connectivity index (χ1n) is 9.45. The zero-order valence-electron chi connectivity index (χ0n) is 16.9. The standard InChI is InChI=1S/C17H25N5O10/c18-7(4-11(19)23)14(28)20-8(5-12(24)25)15(29)21-9(6-13(26)27)16(30)22-3-1-2-10(22)17(31)32/h7-10H,1-6,18H2,(H2,19,23)(H,20,28)(H,21,29)(H,24,25)(H,26,27)(H,31,32). The molecule has 1 rings (SSSR count). The molecular formula is C17H25N5O10. The van der Waals surface area contributed by atoms with Gasteiger partial charge in [-0.25, -0.2) is 4.79 Å². The molecule has 4 amide bonds. The smallest absolute Gasteiger partial charge is 0.326 e. The van der Waals surface area contributed by atoms with Gasteiger partial charge in [-0.05, 0) is 12.8 Å². The van der Waals surface area contributed by atoms with Crippen molar-refractivity contribution in [3.05, 3.63) is 0 Å². The second-order valence-corrected chi connectivity index (χ2v) is 7.12. The number of nitrogens with one attached hydrogen (secondary N) is 2. The Hall–Kier alpha value is -3.75. The molecule has 1 heterocycles. The lowest BCUT2D eigenvalue weighted by atomic mass is 10.1. The van der Waals surface area contributed by atoms with E-state index >= 15 is 0 Å². The largest absolute Gasteiger partial charge is 0.481 e. The molecule has 1 fully saturated rings. The van der Waals surface area contributed by atoms with E-state index in [9.17, 15) is 38.7 Å². The van der Waals surface area contributed by atoms with Crippen molar-refractivity contribution in [2.45, 2.75) is 56.3 Å². The number of rotatable bonds is 12. The highest BCUT2D eigenvalue weighted by Gasteiger charge is 2.39. The highest BCUT2D eigenvalue weighted by Crippen LogP contribution is 2.19. The second-order valence-electron chi connectivity index (χ2n) is 7.12. The fourth-order valence-electron chi connectivity index (χ4n) is 3.11. The van der Waals surface area contributed by atoms with Crippen LogP contribution in [-0.4, -0.2) is 92.5 Å². The van der Waals surface area contributed by atoms with E-state index < -0.39 is 85.0 Å². The van der Waals surface area contributed by atoms with Crippen LogP contribution < -0.4 is 22.1 Å². The number of carbonyl (C=O) groups is 7. The molecule has 1 aliphatic rings. The number of likely N-dealkylation sites (tertiary alicyclic amines) is 1. The number of aliphatic carboxylic acids is 3. The zero-order chi connectivity index (χ0) is 24.6. The van der Waals surface area contributed by atoms with Crippen molar-refractivity contribution in [1.82, 2.24) is 15.5 Å². The van der Waals surface area contributed by atoms with Gasteiger partial charge in [0.05, 0.1) is 25.3 Å². The number of nitrogens with zero attached hydrogens (tertiary/aromatic N) is 1. The van der Waals surface area contributed by atoms with Crippen LogP contribution in [0.1, 0.15) is 32.1 Å². The van der Waals surface area contributed by atoms with Crippen LogP contribution in [0.4, 0.5) is 0 Å². The monoisotopic (exact) mass is 459 g/mol. The maximum Gasteiger partial charge on any atom is 0.326 e. The molecule has 0 bridgehead atoms. The summed E-state index contributed by atoms with van der Waals surface area (Å²) in [6.07, 6.45) is -1.95. The Morgan fingerprint density at radius 1 is 0.875 bits per heavy atom. The second kappa shape index (κ2) is 11.6. The van der Waals surface area contributed by atoms with Crippen molar-refractivity contribution in [2.75, 3.05) is 6.54 Å². The van der Waals surface area contributed by atoms with Crippen molar-refractivity contribution in [3.8, 4) is 0 Å². The molecule has 32 heavy (non-hydrogen) atoms. The normalized spacial score (nSPS) is 18.2. The van der Waals surface area contributed by atoms with E-state index in [1.807, 2.05) is 5.32 Å². The summed E-state index contributed by atoms with van der Waals surface area (Å²) < 4.78 is 0. The molecule has 1 aliphatic heterocycles. The van der Waals surface area contributed by atoms with E-state index in [4.69, 9.17) is 21.7 Å². The van der Waals surface area contributed by atoms with Gasteiger partial charge in [-0.15, -0.1) is 0 Å². The molecule has 15 heteroatoms. The number of carboxylic acid groups (broad SMARTS) is 3. The number of amides is 4.